The summed E-state index contributed by atoms with van der Waals surface area (Å²) in [5.74, 6) is 1.49. The Morgan fingerprint density at radius 2 is 1.95 bits per heavy atom. The molecule has 4 rings (SSSR count). The first-order valence-electron chi connectivity index (χ1n) is 8.31. The molecule has 106 valence electrons. The molecule has 21 heavy (non-hydrogen) atoms. The lowest BCUT2D eigenvalue weighted by Crippen LogP contribution is -1.96. The zero-order valence-corrected chi connectivity index (χ0v) is 13.0. The van der Waals surface area contributed by atoms with Crippen LogP contribution in [0.1, 0.15) is 55.7 Å². The molecule has 2 unspecified atom stereocenters. The van der Waals surface area contributed by atoms with Gasteiger partial charge in [0.1, 0.15) is 0 Å². The fraction of sp³-hybridized carbons (Fsp3) is 0.381. The molecule has 0 aromatic heterocycles. The molecule has 0 N–H and O–H groups in total. The first kappa shape index (κ1) is 13.0. The van der Waals surface area contributed by atoms with Crippen molar-refractivity contribution in [2.24, 2.45) is 5.92 Å². The van der Waals surface area contributed by atoms with Gasteiger partial charge in [0.05, 0.1) is 5.57 Å². The zero-order chi connectivity index (χ0) is 14.4. The van der Waals surface area contributed by atoms with E-state index < -0.39 is 0 Å². The fourth-order valence-electron chi connectivity index (χ4n) is 4.07. The van der Waals surface area contributed by atoms with Crippen LogP contribution in [0.2, 0.25) is 0 Å². The Morgan fingerprint density at radius 1 is 1.10 bits per heavy atom. The first-order valence-corrected chi connectivity index (χ1v) is 8.31. The number of hydrogen-bond donors (Lipinski definition) is 0. The zero-order valence-electron chi connectivity index (χ0n) is 13.0. The minimum absolute atomic E-state index is 0.746. The van der Waals surface area contributed by atoms with Crippen LogP contribution in [-0.4, -0.2) is 0 Å². The molecule has 0 saturated heterocycles. The second-order valence-electron chi connectivity index (χ2n) is 6.94. The van der Waals surface area contributed by atoms with E-state index in [0.29, 0.717) is 0 Å². The smallest absolute Gasteiger partial charge is 0.0584 e. The van der Waals surface area contributed by atoms with Gasteiger partial charge >= 0.3 is 0 Å². The Balaban J connectivity index is 1.62. The van der Waals surface area contributed by atoms with Crippen LogP contribution in [0.15, 0.2) is 47.1 Å². The molecule has 0 bridgehead atoms. The number of hydrogen-bond acceptors (Lipinski definition) is 0. The summed E-state index contributed by atoms with van der Waals surface area (Å²) in [5.41, 5.74) is 8.96. The maximum absolute atomic E-state index is 2.40. The minimum atomic E-state index is 0.746. The van der Waals surface area contributed by atoms with Gasteiger partial charge in [0.15, 0.2) is 0 Å². The Morgan fingerprint density at radius 3 is 2.86 bits per heavy atom. The summed E-state index contributed by atoms with van der Waals surface area (Å²) in [6.07, 6.45) is 14.5. The van der Waals surface area contributed by atoms with Gasteiger partial charge in [-0.3, -0.25) is 0 Å². The van der Waals surface area contributed by atoms with Gasteiger partial charge in [0.25, 0.3) is 0 Å². The van der Waals surface area contributed by atoms with E-state index in [1.807, 2.05) is 0 Å². The molecule has 1 saturated carbocycles. The summed E-state index contributed by atoms with van der Waals surface area (Å²) in [4.78, 5) is 0. The van der Waals surface area contributed by atoms with Crippen LogP contribution in [-0.2, 0) is 6.42 Å². The van der Waals surface area contributed by atoms with Gasteiger partial charge in [-0.25, -0.2) is 0 Å². The lowest BCUT2D eigenvalue weighted by molar-refractivity contribution is 0.697. The average molecular weight is 275 g/mol. The monoisotopic (exact) mass is 275 g/mol. The molecule has 3 aliphatic rings. The van der Waals surface area contributed by atoms with Gasteiger partial charge in [-0.1, -0.05) is 13.0 Å². The second-order valence-corrected chi connectivity index (χ2v) is 6.94. The highest BCUT2D eigenvalue weighted by atomic mass is 14.3. The van der Waals surface area contributed by atoms with E-state index in [1.54, 1.807) is 22.3 Å². The van der Waals surface area contributed by atoms with Gasteiger partial charge in [-0.05, 0) is 61.8 Å². The van der Waals surface area contributed by atoms with E-state index in [2.05, 4.69) is 56.7 Å². The van der Waals surface area contributed by atoms with Crippen molar-refractivity contribution in [3.05, 3.63) is 70.2 Å². The molecule has 0 heteroatoms. The molecule has 1 aromatic rings. The van der Waals surface area contributed by atoms with E-state index in [-0.39, 0.29) is 0 Å². The van der Waals surface area contributed by atoms with Crippen molar-refractivity contribution in [2.75, 3.05) is 0 Å². The van der Waals surface area contributed by atoms with Gasteiger partial charge in [-0.15, -0.1) is 0 Å². The molecule has 0 heterocycles. The van der Waals surface area contributed by atoms with Crippen molar-refractivity contribution in [1.82, 2.24) is 0 Å². The van der Waals surface area contributed by atoms with E-state index in [0.717, 1.165) is 11.8 Å². The normalized spacial score (nSPS) is 28.8. The number of aryl methyl sites for hydroxylation is 1. The topological polar surface area (TPSA) is 0 Å². The SMILES string of the molecule is CC1CCC2=C/C(=C\c3ccc4c(c3)CCC4C)[CH+]C=C21. The fourth-order valence-corrected chi connectivity index (χ4v) is 4.07. The van der Waals surface area contributed by atoms with Crippen LogP contribution in [0, 0.1) is 12.3 Å². The summed E-state index contributed by atoms with van der Waals surface area (Å²) in [5, 5.41) is 0. The van der Waals surface area contributed by atoms with E-state index in [9.17, 15) is 0 Å². The lowest BCUT2D eigenvalue weighted by atomic mass is 9.92. The third-order valence-electron chi connectivity index (χ3n) is 5.42. The largest absolute Gasteiger partial charge is 0.0970 e. The molecule has 0 nitrogen and oxygen atoms in total. The van der Waals surface area contributed by atoms with Crippen LogP contribution >= 0.6 is 0 Å². The van der Waals surface area contributed by atoms with Crippen LogP contribution in [0.4, 0.5) is 0 Å². The first-order chi connectivity index (χ1) is 10.2. The number of allylic oxidation sites excluding steroid dienone is 5. The molecule has 0 spiro atoms. The quantitative estimate of drug-likeness (QED) is 0.583. The number of benzene rings is 1. The summed E-state index contributed by atoms with van der Waals surface area (Å²) in [6.45, 7) is 4.69. The highest BCUT2D eigenvalue weighted by Gasteiger charge is 2.29. The lowest BCUT2D eigenvalue weighted by Gasteiger charge is -2.07. The molecule has 0 aliphatic heterocycles. The Bertz CT molecular complexity index is 669. The van der Waals surface area contributed by atoms with Gasteiger partial charge in [0, 0.05) is 47.3 Å². The molecule has 3 aliphatic carbocycles. The maximum atomic E-state index is 2.40. The van der Waals surface area contributed by atoms with Gasteiger partial charge in [0.2, 0.25) is 0 Å². The predicted molar refractivity (Wildman–Crippen MR) is 90.0 cm³/mol. The van der Waals surface area contributed by atoms with Crippen LogP contribution in [0.25, 0.3) is 6.08 Å². The van der Waals surface area contributed by atoms with Crippen molar-refractivity contribution < 1.29 is 0 Å². The van der Waals surface area contributed by atoms with Gasteiger partial charge < -0.3 is 0 Å². The summed E-state index contributed by atoms with van der Waals surface area (Å²) >= 11 is 0. The van der Waals surface area contributed by atoms with Crippen LogP contribution < -0.4 is 0 Å². The minimum Gasteiger partial charge on any atom is -0.0584 e. The predicted octanol–water partition coefficient (Wildman–Crippen LogP) is 5.62. The van der Waals surface area contributed by atoms with Crippen molar-refractivity contribution in [3.8, 4) is 0 Å². The molecule has 0 radical (unpaired) electrons. The Kier molecular flexibility index (Phi) is 3.06. The summed E-state index contributed by atoms with van der Waals surface area (Å²) in [6, 6.07) is 7.03. The average Bonchev–Trinajstić information content (AvgIpc) is 3.03. The standard InChI is InChI=1S/C21H23/c1-14-3-7-18-12-16(5-9-20(14)18)11-17-6-10-21-15(2)4-8-19(21)13-17/h5-6,9-15H,3-4,7-8H2,1-2H3/q+1/b16-11-. The third-order valence-corrected chi connectivity index (χ3v) is 5.42. The maximum Gasteiger partial charge on any atom is 0.0970 e. The Hall–Kier alpha value is -1.69. The molecule has 1 fully saturated rings. The van der Waals surface area contributed by atoms with Crippen molar-refractivity contribution >= 4 is 6.08 Å². The van der Waals surface area contributed by atoms with Crippen molar-refractivity contribution in [2.45, 2.75) is 45.4 Å². The van der Waals surface area contributed by atoms with E-state index in [1.165, 1.54) is 36.8 Å². The third kappa shape index (κ3) is 2.27. The highest BCUT2D eigenvalue weighted by Crippen LogP contribution is 2.40. The van der Waals surface area contributed by atoms with E-state index in [4.69, 9.17) is 0 Å². The highest BCUT2D eigenvalue weighted by molar-refractivity contribution is 5.65. The summed E-state index contributed by atoms with van der Waals surface area (Å²) < 4.78 is 0. The second kappa shape index (κ2) is 4.94. The molecule has 1 aromatic carbocycles. The number of rotatable bonds is 1. The Labute approximate surface area is 128 Å². The summed E-state index contributed by atoms with van der Waals surface area (Å²) in [7, 11) is 0. The number of fused-ring (bicyclic) bond motifs is 2. The van der Waals surface area contributed by atoms with Gasteiger partial charge in [-0.2, -0.15) is 0 Å². The van der Waals surface area contributed by atoms with Crippen molar-refractivity contribution in [1.29, 1.82) is 0 Å². The molecular weight excluding hydrogens is 252 g/mol. The van der Waals surface area contributed by atoms with Crippen LogP contribution in [0.5, 0.6) is 0 Å². The molecular formula is C21H23+. The van der Waals surface area contributed by atoms with Crippen molar-refractivity contribution in [3.63, 3.8) is 0 Å². The molecule has 2 atom stereocenters. The van der Waals surface area contributed by atoms with E-state index >= 15 is 0 Å². The van der Waals surface area contributed by atoms with Crippen LogP contribution in [0.3, 0.4) is 0 Å². The molecule has 0 amide bonds.